The van der Waals surface area contributed by atoms with Gasteiger partial charge in [-0.1, -0.05) is 84.0 Å². The molecule has 0 unspecified atom stereocenters. The third-order valence-electron chi connectivity index (χ3n) is 5.47. The highest BCUT2D eigenvalue weighted by molar-refractivity contribution is 5.99. The molecule has 1 aliphatic rings. The quantitative estimate of drug-likeness (QED) is 0.290. The lowest BCUT2D eigenvalue weighted by molar-refractivity contribution is -0.139. The monoisotopic (exact) mass is 511 g/mol. The molecule has 1 aliphatic carbocycles. The zero-order valence-corrected chi connectivity index (χ0v) is 22.9. The van der Waals surface area contributed by atoms with E-state index in [1.54, 1.807) is 24.3 Å². The Morgan fingerprint density at radius 2 is 1.59 bits per heavy atom. The number of carboxylic acids is 1. The zero-order valence-electron chi connectivity index (χ0n) is 22.9. The molecule has 2 atom stereocenters. The van der Waals surface area contributed by atoms with E-state index in [0.29, 0.717) is 5.92 Å². The average Bonchev–Trinajstić information content (AvgIpc) is 3.76. The molecule has 202 valence electrons. The molecule has 1 heterocycles. The lowest BCUT2D eigenvalue weighted by Crippen LogP contribution is -2.19. The van der Waals surface area contributed by atoms with Crippen LogP contribution in [0.1, 0.15) is 84.4 Å². The number of aliphatic carboxylic acids is 1. The summed E-state index contributed by atoms with van der Waals surface area (Å²) in [4.78, 5) is 15.6. The highest BCUT2D eigenvalue weighted by atomic mass is 19.1. The molecular weight excluding hydrogens is 469 g/mol. The van der Waals surface area contributed by atoms with Crippen LogP contribution in [0.4, 0.5) is 4.39 Å². The number of hydrogen-bond acceptors (Lipinski definition) is 4. The van der Waals surface area contributed by atoms with Gasteiger partial charge < -0.3 is 15.3 Å². The lowest BCUT2D eigenvalue weighted by Gasteiger charge is -2.16. The fraction of sp³-hybridized carbons (Fsp3) is 0.419. The number of fused-ring (bicyclic) bond motifs is 1. The van der Waals surface area contributed by atoms with Gasteiger partial charge in [0.15, 0.2) is 0 Å². The number of aromatic nitrogens is 1. The van der Waals surface area contributed by atoms with Gasteiger partial charge in [0.25, 0.3) is 0 Å². The predicted molar refractivity (Wildman–Crippen MR) is 151 cm³/mol. The first-order chi connectivity index (χ1) is 17.9. The van der Waals surface area contributed by atoms with Crippen LogP contribution in [0.15, 0.2) is 54.6 Å². The minimum Gasteiger partial charge on any atom is -0.481 e. The molecule has 1 fully saturated rings. The number of pyridine rings is 1. The van der Waals surface area contributed by atoms with Gasteiger partial charge in [0, 0.05) is 28.9 Å². The number of hydrogen-bond donors (Lipinski definition) is 3. The van der Waals surface area contributed by atoms with Crippen molar-refractivity contribution in [3.63, 3.8) is 0 Å². The third-order valence-corrected chi connectivity index (χ3v) is 5.47. The van der Waals surface area contributed by atoms with Crippen molar-refractivity contribution >= 4 is 22.9 Å². The SMILES string of the molecule is CC.CC.CC.O=C(O)C[C@H](O)C[C@H](O)/C=C/c1c(C2CC2)nc2ccccc2c1-c1ccc(F)cc1. The van der Waals surface area contributed by atoms with E-state index in [4.69, 9.17) is 10.1 Å². The minimum atomic E-state index is -1.13. The Morgan fingerprint density at radius 3 is 2.16 bits per heavy atom. The van der Waals surface area contributed by atoms with Crippen molar-refractivity contribution in [2.75, 3.05) is 0 Å². The van der Waals surface area contributed by atoms with Gasteiger partial charge in [0.1, 0.15) is 5.82 Å². The van der Waals surface area contributed by atoms with E-state index in [0.717, 1.165) is 46.1 Å². The maximum Gasteiger partial charge on any atom is 0.305 e. The summed E-state index contributed by atoms with van der Waals surface area (Å²) < 4.78 is 13.6. The summed E-state index contributed by atoms with van der Waals surface area (Å²) in [6, 6.07) is 14.1. The van der Waals surface area contributed by atoms with Gasteiger partial charge in [-0.25, -0.2) is 4.39 Å². The molecule has 37 heavy (non-hydrogen) atoms. The van der Waals surface area contributed by atoms with Crippen molar-refractivity contribution in [2.24, 2.45) is 0 Å². The van der Waals surface area contributed by atoms with Crippen molar-refractivity contribution in [3.8, 4) is 11.1 Å². The summed E-state index contributed by atoms with van der Waals surface area (Å²) in [5.74, 6) is -1.10. The van der Waals surface area contributed by atoms with Crippen LogP contribution in [0.2, 0.25) is 0 Å². The number of benzene rings is 2. The predicted octanol–water partition coefficient (Wildman–Crippen LogP) is 7.60. The van der Waals surface area contributed by atoms with E-state index in [1.807, 2.05) is 65.8 Å². The van der Waals surface area contributed by atoms with Gasteiger partial charge >= 0.3 is 5.97 Å². The van der Waals surface area contributed by atoms with Crippen LogP contribution in [0, 0.1) is 5.82 Å². The van der Waals surface area contributed by atoms with Crippen LogP contribution >= 0.6 is 0 Å². The number of carbonyl (C=O) groups is 1. The molecule has 3 aromatic rings. The Kier molecular flexibility index (Phi) is 14.3. The molecule has 0 saturated heterocycles. The first-order valence-corrected chi connectivity index (χ1v) is 13.4. The second-order valence-electron chi connectivity index (χ2n) is 8.00. The Balaban J connectivity index is 0.00000106. The molecule has 1 aromatic heterocycles. The molecule has 1 saturated carbocycles. The van der Waals surface area contributed by atoms with E-state index in [2.05, 4.69) is 0 Å². The fourth-order valence-electron chi connectivity index (χ4n) is 3.86. The number of nitrogens with zero attached hydrogens (tertiary/aromatic N) is 1. The van der Waals surface area contributed by atoms with E-state index >= 15 is 0 Å². The molecule has 0 amide bonds. The van der Waals surface area contributed by atoms with Crippen LogP contribution < -0.4 is 0 Å². The average molecular weight is 512 g/mol. The molecule has 0 aliphatic heterocycles. The standard InChI is InChI=1S/C25H24FNO4.3C2H6/c26-17-9-7-15(8-10-17)24-20-3-1-2-4-22(20)27-25(16-5-6-16)21(24)12-11-18(28)13-19(29)14-23(30)31;3*1-2/h1-4,7-12,16,18-19,28-29H,5-6,13-14H2,(H,30,31);3*1-2H3/b12-11+;;;/t18-,19-;;;/m1.../s1. The van der Waals surface area contributed by atoms with Crippen LogP contribution in [0.5, 0.6) is 0 Å². The molecule has 0 bridgehead atoms. The largest absolute Gasteiger partial charge is 0.481 e. The van der Waals surface area contributed by atoms with Crippen molar-refractivity contribution in [1.82, 2.24) is 4.98 Å². The summed E-state index contributed by atoms with van der Waals surface area (Å²) in [7, 11) is 0. The summed E-state index contributed by atoms with van der Waals surface area (Å²) >= 11 is 0. The first-order valence-electron chi connectivity index (χ1n) is 13.4. The van der Waals surface area contributed by atoms with E-state index < -0.39 is 24.6 Å². The molecule has 4 rings (SSSR count). The normalized spacial score (nSPS) is 13.9. The number of para-hydroxylation sites is 1. The van der Waals surface area contributed by atoms with Gasteiger partial charge in [0.2, 0.25) is 0 Å². The van der Waals surface area contributed by atoms with Gasteiger partial charge in [-0.2, -0.15) is 0 Å². The number of aliphatic hydroxyl groups is 2. The van der Waals surface area contributed by atoms with Crippen LogP contribution in [-0.4, -0.2) is 38.5 Å². The third kappa shape index (κ3) is 9.38. The molecule has 0 radical (unpaired) electrons. The maximum atomic E-state index is 13.6. The Bertz CT molecular complexity index is 1120. The van der Waals surface area contributed by atoms with Gasteiger partial charge in [-0.05, 0) is 36.6 Å². The van der Waals surface area contributed by atoms with Crippen molar-refractivity contribution in [2.45, 2.75) is 85.4 Å². The van der Waals surface area contributed by atoms with Crippen LogP contribution in [0.25, 0.3) is 28.1 Å². The van der Waals surface area contributed by atoms with E-state index in [9.17, 15) is 19.4 Å². The highest BCUT2D eigenvalue weighted by Gasteiger charge is 2.29. The smallest absolute Gasteiger partial charge is 0.305 e. The van der Waals surface area contributed by atoms with Crippen molar-refractivity contribution in [3.05, 3.63) is 71.7 Å². The molecule has 3 N–H and O–H groups in total. The van der Waals surface area contributed by atoms with Gasteiger partial charge in [-0.3, -0.25) is 9.78 Å². The van der Waals surface area contributed by atoms with Crippen LogP contribution in [0.3, 0.4) is 0 Å². The number of halogens is 1. The van der Waals surface area contributed by atoms with E-state index in [-0.39, 0.29) is 12.2 Å². The minimum absolute atomic E-state index is 0.0749. The van der Waals surface area contributed by atoms with Gasteiger partial charge in [-0.15, -0.1) is 0 Å². The van der Waals surface area contributed by atoms with Gasteiger partial charge in [0.05, 0.1) is 29.8 Å². The Hall–Kier alpha value is -3.09. The summed E-state index contributed by atoms with van der Waals surface area (Å²) in [5, 5.41) is 29.9. The molecule has 6 heteroatoms. The lowest BCUT2D eigenvalue weighted by atomic mass is 9.92. The summed E-state index contributed by atoms with van der Waals surface area (Å²) in [6.45, 7) is 12.0. The molecule has 0 spiro atoms. The number of aliphatic hydroxyl groups excluding tert-OH is 2. The summed E-state index contributed by atoms with van der Waals surface area (Å²) in [6.07, 6.45) is 2.80. The number of rotatable bonds is 8. The number of carboxylic acid groups (broad SMARTS) is 1. The fourth-order valence-corrected chi connectivity index (χ4v) is 3.86. The van der Waals surface area contributed by atoms with E-state index in [1.165, 1.54) is 12.1 Å². The maximum absolute atomic E-state index is 13.6. The van der Waals surface area contributed by atoms with Crippen molar-refractivity contribution < 1.29 is 24.5 Å². The first kappa shape index (κ1) is 31.9. The zero-order chi connectivity index (χ0) is 28.0. The topological polar surface area (TPSA) is 90.7 Å². The highest BCUT2D eigenvalue weighted by Crippen LogP contribution is 2.45. The Morgan fingerprint density at radius 1 is 1.00 bits per heavy atom. The second-order valence-corrected chi connectivity index (χ2v) is 8.00. The van der Waals surface area contributed by atoms with Crippen molar-refractivity contribution in [1.29, 1.82) is 0 Å². The Labute approximate surface area is 220 Å². The second kappa shape index (κ2) is 16.6. The molecular formula is C31H42FNO4. The molecule has 2 aromatic carbocycles. The molecule has 5 nitrogen and oxygen atoms in total. The summed E-state index contributed by atoms with van der Waals surface area (Å²) in [5.41, 5.74) is 4.43. The van der Waals surface area contributed by atoms with Crippen LogP contribution in [-0.2, 0) is 4.79 Å².